The molecule has 0 saturated carbocycles. The molecule has 2 atom stereocenters. The van der Waals surface area contributed by atoms with Gasteiger partial charge in [-0.2, -0.15) is 0 Å². The molecule has 0 aliphatic heterocycles. The van der Waals surface area contributed by atoms with Crippen LogP contribution in [-0.2, 0) is 26.4 Å². The number of carboxylic acids is 1. The van der Waals surface area contributed by atoms with Gasteiger partial charge in [-0.3, -0.25) is 14.5 Å². The number of carbonyl (C=O) groups is 2. The van der Waals surface area contributed by atoms with E-state index in [1.807, 2.05) is 77.7 Å². The zero-order valence-electron chi connectivity index (χ0n) is 20.9. The van der Waals surface area contributed by atoms with Crippen LogP contribution in [0.2, 0.25) is 0 Å². The molecule has 37 heavy (non-hydrogen) atoms. The lowest BCUT2D eigenvalue weighted by Crippen LogP contribution is -2.57. The molecule has 4 aromatic carbocycles. The highest BCUT2D eigenvalue weighted by Gasteiger charge is 2.54. The maximum absolute atomic E-state index is 13.5. The first kappa shape index (κ1) is 24.5. The molecule has 1 aliphatic carbocycles. The van der Waals surface area contributed by atoms with Crippen LogP contribution >= 0.6 is 0 Å². The SMILES string of the molecule is COC(=O)[C@@H]([C@H](C)C(=O)O)N(Cc1ccccc1)C1(c2ccccc2)c2ccccc2-c2ccccc21. The second-order valence-electron chi connectivity index (χ2n) is 9.38. The van der Waals surface area contributed by atoms with E-state index >= 15 is 0 Å². The van der Waals surface area contributed by atoms with E-state index in [2.05, 4.69) is 36.4 Å². The fourth-order valence-corrected chi connectivity index (χ4v) is 5.74. The van der Waals surface area contributed by atoms with Crippen molar-refractivity contribution in [2.24, 2.45) is 5.92 Å². The molecular weight excluding hydrogens is 462 g/mol. The van der Waals surface area contributed by atoms with Crippen LogP contribution in [0.15, 0.2) is 109 Å². The lowest BCUT2D eigenvalue weighted by atomic mass is 9.76. The maximum atomic E-state index is 13.5. The Balaban J connectivity index is 1.90. The highest BCUT2D eigenvalue weighted by Crippen LogP contribution is 2.55. The molecular formula is C32H29NO4. The topological polar surface area (TPSA) is 66.8 Å². The van der Waals surface area contributed by atoms with Gasteiger partial charge in [-0.05, 0) is 40.3 Å². The van der Waals surface area contributed by atoms with Gasteiger partial charge in [0.15, 0.2) is 0 Å². The van der Waals surface area contributed by atoms with Crippen molar-refractivity contribution < 1.29 is 19.4 Å². The summed E-state index contributed by atoms with van der Waals surface area (Å²) in [5, 5.41) is 10.2. The van der Waals surface area contributed by atoms with Crippen molar-refractivity contribution in [3.8, 4) is 11.1 Å². The summed E-state index contributed by atoms with van der Waals surface area (Å²) in [7, 11) is 1.32. The summed E-state index contributed by atoms with van der Waals surface area (Å²) in [5.41, 5.74) is 5.11. The van der Waals surface area contributed by atoms with Crippen molar-refractivity contribution >= 4 is 11.9 Å². The molecule has 5 rings (SSSR count). The van der Waals surface area contributed by atoms with Crippen LogP contribution in [-0.4, -0.2) is 35.1 Å². The Morgan fingerprint density at radius 3 is 1.78 bits per heavy atom. The molecule has 1 N–H and O–H groups in total. The molecule has 0 spiro atoms. The summed E-state index contributed by atoms with van der Waals surface area (Å²) in [6.07, 6.45) is 0. The van der Waals surface area contributed by atoms with E-state index in [0.29, 0.717) is 6.54 Å². The molecule has 5 heteroatoms. The number of carboxylic acid groups (broad SMARTS) is 1. The molecule has 5 nitrogen and oxygen atoms in total. The molecule has 0 bridgehead atoms. The van der Waals surface area contributed by atoms with Crippen LogP contribution in [0.1, 0.15) is 29.2 Å². The van der Waals surface area contributed by atoms with Gasteiger partial charge in [0.05, 0.1) is 18.6 Å². The lowest BCUT2D eigenvalue weighted by molar-refractivity contribution is -0.159. The molecule has 0 aromatic heterocycles. The van der Waals surface area contributed by atoms with E-state index in [0.717, 1.165) is 33.4 Å². The molecule has 0 unspecified atom stereocenters. The predicted octanol–water partition coefficient (Wildman–Crippen LogP) is 5.72. The number of fused-ring (bicyclic) bond motifs is 3. The number of ether oxygens (including phenoxy) is 1. The van der Waals surface area contributed by atoms with Gasteiger partial charge in [0.25, 0.3) is 0 Å². The fraction of sp³-hybridized carbons (Fsp3) is 0.188. The van der Waals surface area contributed by atoms with Crippen LogP contribution in [0, 0.1) is 5.92 Å². The van der Waals surface area contributed by atoms with Crippen molar-refractivity contribution in [3.05, 3.63) is 131 Å². The van der Waals surface area contributed by atoms with E-state index < -0.39 is 29.4 Å². The lowest BCUT2D eigenvalue weighted by Gasteiger charge is -2.47. The summed E-state index contributed by atoms with van der Waals surface area (Å²) in [6, 6.07) is 35.2. The molecule has 1 aliphatic rings. The van der Waals surface area contributed by atoms with E-state index in [9.17, 15) is 14.7 Å². The van der Waals surface area contributed by atoms with E-state index in [1.165, 1.54) is 7.11 Å². The average molecular weight is 492 g/mol. The summed E-state index contributed by atoms with van der Waals surface area (Å²) < 4.78 is 5.27. The minimum absolute atomic E-state index is 0.329. The zero-order chi connectivity index (χ0) is 26.0. The smallest absolute Gasteiger partial charge is 0.324 e. The number of nitrogens with zero attached hydrogens (tertiary/aromatic N) is 1. The monoisotopic (exact) mass is 491 g/mol. The second kappa shape index (κ2) is 10.0. The van der Waals surface area contributed by atoms with E-state index in [1.54, 1.807) is 6.92 Å². The largest absolute Gasteiger partial charge is 0.481 e. The van der Waals surface area contributed by atoms with Crippen LogP contribution in [0.3, 0.4) is 0 Å². The Bertz CT molecular complexity index is 1370. The Morgan fingerprint density at radius 2 is 1.27 bits per heavy atom. The number of hydrogen-bond acceptors (Lipinski definition) is 4. The first-order chi connectivity index (χ1) is 18.0. The predicted molar refractivity (Wildman–Crippen MR) is 143 cm³/mol. The normalized spacial score (nSPS) is 14.9. The third-order valence-corrected chi connectivity index (χ3v) is 7.38. The molecule has 0 saturated heterocycles. The van der Waals surface area contributed by atoms with Crippen LogP contribution < -0.4 is 0 Å². The van der Waals surface area contributed by atoms with Gasteiger partial charge in [0, 0.05) is 6.54 Å². The van der Waals surface area contributed by atoms with Gasteiger partial charge in [0.1, 0.15) is 6.04 Å². The summed E-state index contributed by atoms with van der Waals surface area (Å²) >= 11 is 0. The summed E-state index contributed by atoms with van der Waals surface area (Å²) in [5.74, 6) is -2.67. The molecule has 0 amide bonds. The van der Waals surface area contributed by atoms with Gasteiger partial charge >= 0.3 is 11.9 Å². The average Bonchev–Trinajstić information content (AvgIpc) is 3.24. The molecule has 0 radical (unpaired) electrons. The third-order valence-electron chi connectivity index (χ3n) is 7.38. The summed E-state index contributed by atoms with van der Waals surface area (Å²) in [6.45, 7) is 1.91. The Hall–Kier alpha value is -4.22. The Morgan fingerprint density at radius 1 is 0.784 bits per heavy atom. The van der Waals surface area contributed by atoms with Crippen LogP contribution in [0.4, 0.5) is 0 Å². The number of aliphatic carboxylic acids is 1. The third kappa shape index (κ3) is 4.02. The minimum atomic E-state index is -1.07. The number of rotatable bonds is 8. The van der Waals surface area contributed by atoms with Crippen molar-refractivity contribution in [2.45, 2.75) is 25.0 Å². The number of benzene rings is 4. The number of hydrogen-bond donors (Lipinski definition) is 1. The maximum Gasteiger partial charge on any atom is 0.324 e. The number of esters is 1. The fourth-order valence-electron chi connectivity index (χ4n) is 5.74. The van der Waals surface area contributed by atoms with E-state index in [-0.39, 0.29) is 0 Å². The summed E-state index contributed by atoms with van der Waals surface area (Å²) in [4.78, 5) is 28.0. The first-order valence-corrected chi connectivity index (χ1v) is 12.4. The van der Waals surface area contributed by atoms with Crippen molar-refractivity contribution in [3.63, 3.8) is 0 Å². The van der Waals surface area contributed by atoms with Gasteiger partial charge in [-0.1, -0.05) is 109 Å². The van der Waals surface area contributed by atoms with Gasteiger partial charge in [-0.15, -0.1) is 0 Å². The standard InChI is InChI=1S/C32H29NO4/c1-22(30(34)35)29(31(36)37-2)33(21-23-13-5-3-6-14-23)32(24-15-7-4-8-16-24)27-19-11-9-17-25(27)26-18-10-12-20-28(26)32/h3-20,22,29H,21H2,1-2H3,(H,34,35)/t22-,29+/m0/s1. The molecule has 0 fully saturated rings. The second-order valence-corrected chi connectivity index (χ2v) is 9.38. The minimum Gasteiger partial charge on any atom is -0.481 e. The van der Waals surface area contributed by atoms with Crippen LogP contribution in [0.25, 0.3) is 11.1 Å². The van der Waals surface area contributed by atoms with Gasteiger partial charge in [0.2, 0.25) is 0 Å². The molecule has 0 heterocycles. The highest BCUT2D eigenvalue weighted by molar-refractivity contribution is 5.87. The Labute approximate surface area is 217 Å². The van der Waals surface area contributed by atoms with Crippen molar-refractivity contribution in [1.82, 2.24) is 4.90 Å². The van der Waals surface area contributed by atoms with Crippen molar-refractivity contribution in [1.29, 1.82) is 0 Å². The molecule has 186 valence electrons. The zero-order valence-corrected chi connectivity index (χ0v) is 20.9. The van der Waals surface area contributed by atoms with Crippen LogP contribution in [0.5, 0.6) is 0 Å². The molecule has 4 aromatic rings. The van der Waals surface area contributed by atoms with Gasteiger partial charge < -0.3 is 9.84 Å². The van der Waals surface area contributed by atoms with Gasteiger partial charge in [-0.25, -0.2) is 0 Å². The quantitative estimate of drug-likeness (QED) is 0.319. The number of carbonyl (C=O) groups excluding carboxylic acids is 1. The van der Waals surface area contributed by atoms with Crippen molar-refractivity contribution in [2.75, 3.05) is 7.11 Å². The van der Waals surface area contributed by atoms with E-state index in [4.69, 9.17) is 4.74 Å². The highest BCUT2D eigenvalue weighted by atomic mass is 16.5. The Kier molecular flexibility index (Phi) is 6.64. The number of methoxy groups -OCH3 is 1. The first-order valence-electron chi connectivity index (χ1n) is 12.4.